The number of urea groups is 1. The maximum Gasteiger partial charge on any atom is 0.317 e. The third-order valence-electron chi connectivity index (χ3n) is 10.6. The Bertz CT molecular complexity index is 2800. The Morgan fingerprint density at radius 1 is 0.806 bits per heavy atom. The van der Waals surface area contributed by atoms with Gasteiger partial charge in [0, 0.05) is 75.7 Å². The number of carbonyl (C=O) groups is 5. The van der Waals surface area contributed by atoms with E-state index in [0.29, 0.717) is 65.3 Å². The molecule has 6 amide bonds. The first-order chi connectivity index (χ1) is 32.1. The molecule has 0 saturated carbocycles. The van der Waals surface area contributed by atoms with Gasteiger partial charge in [0.2, 0.25) is 23.7 Å². The standard InChI is InChI=1S/C45H57N15O7/c1-7-49-33(21-27(3)46)41(63)53-43-51-31-23-29(39(47)61)25-35(66-6)37(31)58(43)14-10-11-15-59-38-32(52-44(59)54-42(64)34-22-28(4)55-60(34)8-2)24-30(40(48)62)26-36(38)67-20-12-9-13-50-45(65)57-18-16-56(5)17-19-57/h9-12,21-26H,7-8,13-20,46H2,1-6H3,(H2,47,61)(H2,48,62)(H,50,65)(H,51,53,63)(H,52,54,64)/b11-10+,12-9+,27-21-,49-33?. The van der Waals surface area contributed by atoms with Gasteiger partial charge in [-0.05, 0) is 77.2 Å². The topological polar surface area (TPSA) is 290 Å². The van der Waals surface area contributed by atoms with Gasteiger partial charge in [-0.3, -0.25) is 39.5 Å². The molecule has 0 radical (unpaired) electrons. The van der Waals surface area contributed by atoms with Crippen molar-refractivity contribution >= 4 is 69.3 Å². The van der Waals surface area contributed by atoms with Crippen LogP contribution in [0.5, 0.6) is 11.5 Å². The zero-order valence-electron chi connectivity index (χ0n) is 38.5. The van der Waals surface area contributed by atoms with Gasteiger partial charge in [-0.2, -0.15) is 5.10 Å². The predicted octanol–water partition coefficient (Wildman–Crippen LogP) is 2.78. The molecule has 9 N–H and O–H groups in total. The number of nitrogens with zero attached hydrogens (tertiary/aromatic N) is 9. The van der Waals surface area contributed by atoms with E-state index in [1.54, 1.807) is 69.9 Å². The SMILES string of the molecule is CCN=C(/C=C(/C)N)C(=O)Nc1nc2cc(C(N)=O)cc(OC)c2n1C/C=C/Cn1c(NC(=O)c2cc(C)nn2CC)nc2cc(C(N)=O)cc(OC/C=C/CNC(=O)N3CCN(C)CC3)c21. The van der Waals surface area contributed by atoms with Crippen molar-refractivity contribution in [1.29, 1.82) is 0 Å². The van der Waals surface area contributed by atoms with E-state index < -0.39 is 23.6 Å². The number of amides is 6. The van der Waals surface area contributed by atoms with Crippen LogP contribution < -0.4 is 42.6 Å². The normalized spacial score (nSPS) is 13.8. The van der Waals surface area contributed by atoms with E-state index >= 15 is 0 Å². The second-order valence-electron chi connectivity index (χ2n) is 15.6. The number of nitrogens with one attached hydrogen (secondary N) is 3. The van der Waals surface area contributed by atoms with Crippen LogP contribution in [0.2, 0.25) is 0 Å². The van der Waals surface area contributed by atoms with Crippen molar-refractivity contribution in [2.24, 2.45) is 22.2 Å². The number of likely N-dealkylation sites (N-methyl/N-ethyl adjacent to an activating group) is 1. The Morgan fingerprint density at radius 2 is 1.40 bits per heavy atom. The van der Waals surface area contributed by atoms with E-state index in [1.807, 2.05) is 14.0 Å². The van der Waals surface area contributed by atoms with Crippen LogP contribution in [0.15, 0.2) is 71.4 Å². The van der Waals surface area contributed by atoms with E-state index in [2.05, 4.69) is 35.9 Å². The highest BCUT2D eigenvalue weighted by atomic mass is 16.5. The van der Waals surface area contributed by atoms with Gasteiger partial charge in [0.05, 0.1) is 23.8 Å². The average molecular weight is 920 g/mol. The number of benzene rings is 2. The lowest BCUT2D eigenvalue weighted by Crippen LogP contribution is -2.50. The summed E-state index contributed by atoms with van der Waals surface area (Å²) in [6, 6.07) is 7.53. The molecule has 0 atom stereocenters. The predicted molar refractivity (Wildman–Crippen MR) is 254 cm³/mol. The second-order valence-corrected chi connectivity index (χ2v) is 15.6. The number of carbonyl (C=O) groups excluding carboxylic acids is 5. The number of hydrogen-bond donors (Lipinski definition) is 6. The largest absolute Gasteiger partial charge is 0.494 e. The fraction of sp³-hybridized carbons (Fsp3) is 0.356. The number of hydrogen-bond acceptors (Lipinski definition) is 13. The van der Waals surface area contributed by atoms with Gasteiger partial charge in [-0.25, -0.2) is 14.8 Å². The molecule has 3 aromatic heterocycles. The van der Waals surface area contributed by atoms with Crippen molar-refractivity contribution in [2.75, 3.05) is 70.7 Å². The van der Waals surface area contributed by atoms with Crippen molar-refractivity contribution < 1.29 is 33.4 Å². The molecular formula is C45H57N15O7. The second kappa shape index (κ2) is 21.8. The molecule has 2 aromatic carbocycles. The number of imidazole rings is 2. The number of aryl methyl sites for hydroxylation is 2. The number of fused-ring (bicyclic) bond motifs is 2. The fourth-order valence-electron chi connectivity index (χ4n) is 7.34. The number of allylic oxidation sites excluding steroid dienone is 3. The molecular weight excluding hydrogens is 863 g/mol. The molecule has 354 valence electrons. The van der Waals surface area contributed by atoms with Crippen molar-refractivity contribution in [3.05, 3.63) is 88.9 Å². The molecule has 5 aromatic rings. The minimum Gasteiger partial charge on any atom is -0.494 e. The van der Waals surface area contributed by atoms with Crippen LogP contribution in [0.4, 0.5) is 16.7 Å². The summed E-state index contributed by atoms with van der Waals surface area (Å²) in [6.45, 7) is 11.3. The molecule has 0 bridgehead atoms. The summed E-state index contributed by atoms with van der Waals surface area (Å²) in [7, 11) is 3.46. The quantitative estimate of drug-likeness (QED) is 0.0515. The van der Waals surface area contributed by atoms with E-state index in [0.717, 1.165) is 13.1 Å². The fourth-order valence-corrected chi connectivity index (χ4v) is 7.34. The average Bonchev–Trinajstić information content (AvgIpc) is 3.97. The monoisotopic (exact) mass is 919 g/mol. The third-order valence-corrected chi connectivity index (χ3v) is 10.6. The summed E-state index contributed by atoms with van der Waals surface area (Å²) >= 11 is 0. The Hall–Kier alpha value is -8.01. The summed E-state index contributed by atoms with van der Waals surface area (Å²) in [6.07, 6.45) is 8.56. The van der Waals surface area contributed by atoms with E-state index in [4.69, 9.17) is 31.7 Å². The van der Waals surface area contributed by atoms with Crippen molar-refractivity contribution in [1.82, 2.24) is 44.0 Å². The molecule has 0 aliphatic carbocycles. The van der Waals surface area contributed by atoms with Gasteiger partial charge in [-0.15, -0.1) is 0 Å². The molecule has 22 heteroatoms. The van der Waals surface area contributed by atoms with Crippen molar-refractivity contribution in [3.8, 4) is 11.5 Å². The smallest absolute Gasteiger partial charge is 0.317 e. The molecule has 67 heavy (non-hydrogen) atoms. The van der Waals surface area contributed by atoms with Gasteiger partial charge in [0.25, 0.3) is 11.8 Å². The molecule has 1 aliphatic rings. The number of aromatic nitrogens is 6. The Kier molecular flexibility index (Phi) is 15.7. The number of nitrogens with two attached hydrogens (primary N) is 3. The zero-order valence-corrected chi connectivity index (χ0v) is 38.5. The van der Waals surface area contributed by atoms with Gasteiger partial charge in [0.1, 0.15) is 40.5 Å². The van der Waals surface area contributed by atoms with E-state index in [9.17, 15) is 24.0 Å². The van der Waals surface area contributed by atoms with E-state index in [1.165, 1.54) is 37.5 Å². The number of primary amides is 2. The molecule has 1 saturated heterocycles. The van der Waals surface area contributed by atoms with Gasteiger partial charge in [0.15, 0.2) is 0 Å². The van der Waals surface area contributed by atoms with Crippen LogP contribution in [0, 0.1) is 6.92 Å². The third kappa shape index (κ3) is 11.6. The highest BCUT2D eigenvalue weighted by Crippen LogP contribution is 2.33. The lowest BCUT2D eigenvalue weighted by molar-refractivity contribution is -0.110. The minimum absolute atomic E-state index is 0.0478. The molecule has 22 nitrogen and oxygen atoms in total. The number of methoxy groups -OCH3 is 1. The number of piperazine rings is 1. The summed E-state index contributed by atoms with van der Waals surface area (Å²) in [4.78, 5) is 82.5. The van der Waals surface area contributed by atoms with E-state index in [-0.39, 0.29) is 72.5 Å². The maximum atomic E-state index is 13.8. The maximum absolute atomic E-state index is 13.8. The molecule has 0 unspecified atom stereocenters. The number of anilines is 2. The van der Waals surface area contributed by atoms with Gasteiger partial charge >= 0.3 is 6.03 Å². The van der Waals surface area contributed by atoms with Crippen LogP contribution in [0.1, 0.15) is 57.7 Å². The Balaban J connectivity index is 1.35. The molecule has 4 heterocycles. The molecule has 1 aliphatic heterocycles. The number of rotatable bonds is 19. The van der Waals surface area contributed by atoms with Crippen LogP contribution in [0.25, 0.3) is 22.1 Å². The lowest BCUT2D eigenvalue weighted by Gasteiger charge is -2.32. The van der Waals surface area contributed by atoms with Crippen LogP contribution in [0.3, 0.4) is 0 Å². The zero-order chi connectivity index (χ0) is 48.4. The first-order valence-electron chi connectivity index (χ1n) is 21.6. The van der Waals surface area contributed by atoms with Crippen LogP contribution in [-0.2, 0) is 24.4 Å². The number of ether oxygens (including phenoxy) is 2. The first kappa shape index (κ1) is 48.4. The van der Waals surface area contributed by atoms with Crippen molar-refractivity contribution in [2.45, 2.75) is 47.3 Å². The lowest BCUT2D eigenvalue weighted by atomic mass is 10.1. The first-order valence-corrected chi connectivity index (χ1v) is 21.6. The highest BCUT2D eigenvalue weighted by molar-refractivity contribution is 6.47. The number of aliphatic imine (C=N–C) groups is 1. The van der Waals surface area contributed by atoms with Crippen LogP contribution in [-0.4, -0.2) is 134 Å². The summed E-state index contributed by atoms with van der Waals surface area (Å²) in [5.74, 6) is -1.68. The Labute approximate surface area is 386 Å². The Morgan fingerprint density at radius 3 is 1.97 bits per heavy atom. The van der Waals surface area contributed by atoms with Gasteiger partial charge < -0.3 is 50.9 Å². The van der Waals surface area contributed by atoms with Crippen LogP contribution >= 0.6 is 0 Å². The van der Waals surface area contributed by atoms with Gasteiger partial charge in [-0.1, -0.05) is 18.2 Å². The molecule has 0 spiro atoms. The minimum atomic E-state index is -0.715. The molecule has 1 fully saturated rings. The summed E-state index contributed by atoms with van der Waals surface area (Å²) in [5, 5.41) is 13.1. The highest BCUT2D eigenvalue weighted by Gasteiger charge is 2.24. The molecule has 6 rings (SSSR count). The summed E-state index contributed by atoms with van der Waals surface area (Å²) < 4.78 is 16.9. The van der Waals surface area contributed by atoms with Crippen molar-refractivity contribution in [3.63, 3.8) is 0 Å². The summed E-state index contributed by atoms with van der Waals surface area (Å²) in [5.41, 5.74) is 20.5.